The summed E-state index contributed by atoms with van der Waals surface area (Å²) in [6.07, 6.45) is 1.54. The van der Waals surface area contributed by atoms with E-state index in [2.05, 4.69) is 5.32 Å². The average molecular weight is 317 g/mol. The van der Waals surface area contributed by atoms with Crippen LogP contribution in [0.4, 0.5) is 10.1 Å². The molecule has 0 bridgehead atoms. The van der Waals surface area contributed by atoms with E-state index in [1.165, 1.54) is 18.2 Å². The van der Waals surface area contributed by atoms with Gasteiger partial charge in [-0.25, -0.2) is 4.39 Å². The Morgan fingerprint density at radius 2 is 1.38 bits per heavy atom. The predicted octanol–water partition coefficient (Wildman–Crippen LogP) is 4.90. The minimum atomic E-state index is -0.386. The molecule has 3 aromatic carbocycles. The summed E-state index contributed by atoms with van der Waals surface area (Å²) < 4.78 is 13.2. The van der Waals surface area contributed by atoms with E-state index in [1.54, 1.807) is 12.1 Å². The van der Waals surface area contributed by atoms with Crippen molar-refractivity contribution in [2.24, 2.45) is 0 Å². The zero-order valence-electron chi connectivity index (χ0n) is 12.9. The topological polar surface area (TPSA) is 29.1 Å². The summed E-state index contributed by atoms with van der Waals surface area (Å²) in [6.45, 7) is 0. The lowest BCUT2D eigenvalue weighted by Gasteiger charge is -2.09. The molecule has 0 spiro atoms. The van der Waals surface area contributed by atoms with Crippen LogP contribution in [0.1, 0.15) is 11.1 Å². The Bertz CT molecular complexity index is 816. The molecule has 0 aromatic heterocycles. The minimum Gasteiger partial charge on any atom is -0.322 e. The highest BCUT2D eigenvalue weighted by atomic mass is 19.1. The van der Waals surface area contributed by atoms with E-state index < -0.39 is 0 Å². The molecule has 3 heteroatoms. The molecule has 0 unspecified atom stereocenters. The van der Waals surface area contributed by atoms with Gasteiger partial charge in [-0.3, -0.25) is 4.79 Å². The maximum atomic E-state index is 13.2. The summed E-state index contributed by atoms with van der Waals surface area (Å²) in [5, 5.41) is 2.70. The van der Waals surface area contributed by atoms with Crippen molar-refractivity contribution in [1.29, 1.82) is 0 Å². The van der Waals surface area contributed by atoms with Gasteiger partial charge in [-0.1, -0.05) is 66.7 Å². The molecule has 0 aliphatic heterocycles. The van der Waals surface area contributed by atoms with Crippen molar-refractivity contribution in [3.8, 4) is 0 Å². The van der Waals surface area contributed by atoms with Gasteiger partial charge < -0.3 is 5.32 Å². The van der Waals surface area contributed by atoms with E-state index in [0.29, 0.717) is 5.69 Å². The summed E-state index contributed by atoms with van der Waals surface area (Å²) in [6, 6.07) is 25.2. The Balaban J connectivity index is 1.93. The molecule has 0 radical (unpaired) electrons. The summed E-state index contributed by atoms with van der Waals surface area (Å²) >= 11 is 0. The van der Waals surface area contributed by atoms with Gasteiger partial charge in [0, 0.05) is 11.8 Å². The first-order valence-corrected chi connectivity index (χ1v) is 7.61. The number of rotatable bonds is 4. The standard InChI is InChI=1S/C21H16FNO/c22-18-12-7-13-19(14-18)23-21(24)15-20(16-8-3-1-4-9-16)17-10-5-2-6-11-17/h1-15H,(H,23,24). The van der Waals surface area contributed by atoms with Crippen molar-refractivity contribution < 1.29 is 9.18 Å². The van der Waals surface area contributed by atoms with E-state index in [0.717, 1.165) is 16.7 Å². The third kappa shape index (κ3) is 3.96. The van der Waals surface area contributed by atoms with Crippen LogP contribution in [0.2, 0.25) is 0 Å². The summed E-state index contributed by atoms with van der Waals surface area (Å²) in [4.78, 5) is 12.4. The van der Waals surface area contributed by atoms with Gasteiger partial charge in [0.05, 0.1) is 0 Å². The first kappa shape index (κ1) is 15.7. The van der Waals surface area contributed by atoms with E-state index in [9.17, 15) is 9.18 Å². The number of carbonyl (C=O) groups excluding carboxylic acids is 1. The van der Waals surface area contributed by atoms with Crippen LogP contribution < -0.4 is 5.32 Å². The van der Waals surface area contributed by atoms with Crippen molar-refractivity contribution in [3.05, 3.63) is 108 Å². The first-order valence-electron chi connectivity index (χ1n) is 7.61. The largest absolute Gasteiger partial charge is 0.322 e. The van der Waals surface area contributed by atoms with Crippen LogP contribution >= 0.6 is 0 Å². The lowest BCUT2D eigenvalue weighted by atomic mass is 9.97. The number of hydrogen-bond acceptors (Lipinski definition) is 1. The summed E-state index contributed by atoms with van der Waals surface area (Å²) in [7, 11) is 0. The van der Waals surface area contributed by atoms with Crippen LogP contribution in [0, 0.1) is 5.82 Å². The van der Waals surface area contributed by atoms with Gasteiger partial charge in [-0.15, -0.1) is 0 Å². The van der Waals surface area contributed by atoms with Gasteiger partial charge in [0.2, 0.25) is 5.91 Å². The average Bonchev–Trinajstić information content (AvgIpc) is 2.61. The normalized spacial score (nSPS) is 10.0. The zero-order valence-corrected chi connectivity index (χ0v) is 12.9. The Morgan fingerprint density at radius 1 is 0.792 bits per heavy atom. The van der Waals surface area contributed by atoms with E-state index in [1.807, 2.05) is 60.7 Å². The highest BCUT2D eigenvalue weighted by molar-refractivity contribution is 6.06. The van der Waals surface area contributed by atoms with E-state index in [-0.39, 0.29) is 11.7 Å². The van der Waals surface area contributed by atoms with Crippen molar-refractivity contribution in [1.82, 2.24) is 0 Å². The SMILES string of the molecule is O=C(C=C(c1ccccc1)c1ccccc1)Nc1cccc(F)c1. The van der Waals surface area contributed by atoms with Crippen LogP contribution in [-0.4, -0.2) is 5.91 Å². The number of amides is 1. The fourth-order valence-corrected chi connectivity index (χ4v) is 2.44. The molecule has 0 aliphatic rings. The van der Waals surface area contributed by atoms with Crippen LogP contribution in [0.15, 0.2) is 91.0 Å². The Kier molecular flexibility index (Phi) is 4.82. The number of benzene rings is 3. The molecule has 0 saturated carbocycles. The third-order valence-corrected chi connectivity index (χ3v) is 3.54. The van der Waals surface area contributed by atoms with Crippen LogP contribution in [-0.2, 0) is 4.79 Å². The van der Waals surface area contributed by atoms with Gasteiger partial charge >= 0.3 is 0 Å². The number of nitrogens with one attached hydrogen (secondary N) is 1. The van der Waals surface area contributed by atoms with Gasteiger partial charge in [0.25, 0.3) is 0 Å². The third-order valence-electron chi connectivity index (χ3n) is 3.54. The number of hydrogen-bond donors (Lipinski definition) is 1. The molecule has 2 nitrogen and oxygen atoms in total. The van der Waals surface area contributed by atoms with Crippen molar-refractivity contribution in [3.63, 3.8) is 0 Å². The highest BCUT2D eigenvalue weighted by Crippen LogP contribution is 2.23. The molecule has 118 valence electrons. The second kappa shape index (κ2) is 7.38. The quantitative estimate of drug-likeness (QED) is 0.682. The monoisotopic (exact) mass is 317 g/mol. The number of halogens is 1. The first-order chi connectivity index (χ1) is 11.7. The molecular formula is C21H16FNO. The van der Waals surface area contributed by atoms with Gasteiger partial charge in [0.1, 0.15) is 5.82 Å². The van der Waals surface area contributed by atoms with Crippen molar-refractivity contribution in [2.75, 3.05) is 5.32 Å². The molecule has 1 amide bonds. The van der Waals surface area contributed by atoms with Crippen LogP contribution in [0.3, 0.4) is 0 Å². The molecule has 0 atom stereocenters. The fraction of sp³-hybridized carbons (Fsp3) is 0. The fourth-order valence-electron chi connectivity index (χ4n) is 2.44. The smallest absolute Gasteiger partial charge is 0.249 e. The highest BCUT2D eigenvalue weighted by Gasteiger charge is 2.08. The predicted molar refractivity (Wildman–Crippen MR) is 95.0 cm³/mol. The molecule has 0 aliphatic carbocycles. The molecule has 0 saturated heterocycles. The maximum Gasteiger partial charge on any atom is 0.249 e. The van der Waals surface area contributed by atoms with Crippen LogP contribution in [0.5, 0.6) is 0 Å². The Morgan fingerprint density at radius 3 is 1.92 bits per heavy atom. The molecule has 3 rings (SSSR count). The van der Waals surface area contributed by atoms with Gasteiger partial charge in [0.15, 0.2) is 0 Å². The van der Waals surface area contributed by atoms with Crippen molar-refractivity contribution >= 4 is 17.2 Å². The van der Waals surface area contributed by atoms with Crippen LogP contribution in [0.25, 0.3) is 5.57 Å². The van der Waals surface area contributed by atoms with E-state index in [4.69, 9.17) is 0 Å². The molecular weight excluding hydrogens is 301 g/mol. The minimum absolute atomic E-state index is 0.302. The van der Waals surface area contributed by atoms with Gasteiger partial charge in [-0.2, -0.15) is 0 Å². The molecule has 3 aromatic rings. The Labute approximate surface area is 140 Å². The number of anilines is 1. The Hall–Kier alpha value is -3.20. The van der Waals surface area contributed by atoms with Gasteiger partial charge in [-0.05, 0) is 34.9 Å². The molecule has 0 fully saturated rings. The second-order valence-electron chi connectivity index (χ2n) is 5.29. The number of carbonyl (C=O) groups is 1. The molecule has 0 heterocycles. The zero-order chi connectivity index (χ0) is 16.8. The molecule has 24 heavy (non-hydrogen) atoms. The lowest BCUT2D eigenvalue weighted by Crippen LogP contribution is -2.09. The lowest BCUT2D eigenvalue weighted by molar-refractivity contribution is -0.111. The summed E-state index contributed by atoms with van der Waals surface area (Å²) in [5.41, 5.74) is 3.12. The molecule has 1 N–H and O–H groups in total. The van der Waals surface area contributed by atoms with Crippen molar-refractivity contribution in [2.45, 2.75) is 0 Å². The second-order valence-corrected chi connectivity index (χ2v) is 5.29. The maximum absolute atomic E-state index is 13.2. The van der Waals surface area contributed by atoms with E-state index >= 15 is 0 Å². The summed E-state index contributed by atoms with van der Waals surface area (Å²) in [5.74, 6) is -0.688.